The molecule has 0 fully saturated rings. The summed E-state index contributed by atoms with van der Waals surface area (Å²) in [5, 5.41) is 9.68. The van der Waals surface area contributed by atoms with Gasteiger partial charge in [0.25, 0.3) is 0 Å². The number of carbonyl (C=O) groups excluding carboxylic acids is 1. The fraction of sp³-hybridized carbons (Fsp3) is 0.455. The Hall–Kier alpha value is -1.42. The molecular weight excluding hydrogens is 194 g/mol. The summed E-state index contributed by atoms with van der Waals surface area (Å²) < 4.78 is 4.74. The number of esters is 1. The molecule has 0 spiro atoms. The van der Waals surface area contributed by atoms with E-state index in [2.05, 4.69) is 4.98 Å². The lowest BCUT2D eigenvalue weighted by molar-refractivity contribution is -0.145. The summed E-state index contributed by atoms with van der Waals surface area (Å²) in [5.41, 5.74) is 1.32. The maximum Gasteiger partial charge on any atom is 0.308 e. The fourth-order valence-corrected chi connectivity index (χ4v) is 1.23. The van der Waals surface area contributed by atoms with Gasteiger partial charge in [-0.15, -0.1) is 0 Å². The molecule has 1 heterocycles. The minimum atomic E-state index is -0.885. The Bertz CT molecular complexity index is 338. The predicted octanol–water partition coefficient (Wildman–Crippen LogP) is 1.38. The highest BCUT2D eigenvalue weighted by molar-refractivity contribution is 5.70. The molecule has 0 aromatic carbocycles. The van der Waals surface area contributed by atoms with E-state index in [4.69, 9.17) is 4.74 Å². The van der Waals surface area contributed by atoms with Crippen molar-refractivity contribution in [3.05, 3.63) is 29.6 Å². The monoisotopic (exact) mass is 209 g/mol. The first-order chi connectivity index (χ1) is 7.13. The highest BCUT2D eigenvalue weighted by Crippen LogP contribution is 2.14. The van der Waals surface area contributed by atoms with Crippen LogP contribution in [0.3, 0.4) is 0 Å². The van der Waals surface area contributed by atoms with E-state index in [1.54, 1.807) is 19.1 Å². The van der Waals surface area contributed by atoms with Crippen molar-refractivity contribution in [1.29, 1.82) is 0 Å². The molecule has 0 saturated carbocycles. The van der Waals surface area contributed by atoms with E-state index in [0.717, 1.165) is 5.69 Å². The summed E-state index contributed by atoms with van der Waals surface area (Å²) in [6.45, 7) is 3.89. The summed E-state index contributed by atoms with van der Waals surface area (Å²) in [4.78, 5) is 15.2. The van der Waals surface area contributed by atoms with Gasteiger partial charge in [0.15, 0.2) is 0 Å². The van der Waals surface area contributed by atoms with Gasteiger partial charge in [-0.2, -0.15) is 0 Å². The first-order valence-corrected chi connectivity index (χ1v) is 4.90. The zero-order valence-corrected chi connectivity index (χ0v) is 8.93. The minimum Gasteiger partial charge on any atom is -0.466 e. The summed E-state index contributed by atoms with van der Waals surface area (Å²) in [5.74, 6) is -0.409. The number of nitrogens with zero attached hydrogens (tertiary/aromatic N) is 1. The molecule has 0 aliphatic rings. The van der Waals surface area contributed by atoms with Crippen LogP contribution >= 0.6 is 0 Å². The van der Waals surface area contributed by atoms with Crippen molar-refractivity contribution in [2.45, 2.75) is 26.4 Å². The Morgan fingerprint density at radius 2 is 2.33 bits per heavy atom. The first kappa shape index (κ1) is 11.7. The molecule has 0 radical (unpaired) electrons. The Kier molecular flexibility index (Phi) is 4.24. The zero-order chi connectivity index (χ0) is 11.3. The molecule has 0 aliphatic carbocycles. The average molecular weight is 209 g/mol. The van der Waals surface area contributed by atoms with Crippen molar-refractivity contribution in [2.24, 2.45) is 0 Å². The molecule has 1 unspecified atom stereocenters. The lowest BCUT2D eigenvalue weighted by atomic mass is 10.1. The van der Waals surface area contributed by atoms with Crippen molar-refractivity contribution in [3.63, 3.8) is 0 Å². The second kappa shape index (κ2) is 5.46. The zero-order valence-electron chi connectivity index (χ0n) is 8.93. The van der Waals surface area contributed by atoms with E-state index >= 15 is 0 Å². The number of aromatic nitrogens is 1. The molecule has 15 heavy (non-hydrogen) atoms. The molecule has 1 atom stereocenters. The lowest BCUT2D eigenvalue weighted by Crippen LogP contribution is -2.11. The van der Waals surface area contributed by atoms with Gasteiger partial charge in [0.1, 0.15) is 6.10 Å². The first-order valence-electron chi connectivity index (χ1n) is 4.90. The molecule has 1 aromatic heterocycles. The molecule has 1 aromatic rings. The second-order valence-electron chi connectivity index (χ2n) is 3.23. The smallest absolute Gasteiger partial charge is 0.308 e. The number of hydrogen-bond acceptors (Lipinski definition) is 4. The number of aryl methyl sites for hydroxylation is 1. The van der Waals surface area contributed by atoms with Crippen LogP contribution in [-0.2, 0) is 9.53 Å². The van der Waals surface area contributed by atoms with Crippen LogP contribution in [0.4, 0.5) is 0 Å². The van der Waals surface area contributed by atoms with Gasteiger partial charge in [-0.25, -0.2) is 0 Å². The van der Waals surface area contributed by atoms with Gasteiger partial charge in [0.05, 0.1) is 18.7 Å². The quantitative estimate of drug-likeness (QED) is 0.761. The van der Waals surface area contributed by atoms with Crippen LogP contribution in [-0.4, -0.2) is 22.7 Å². The number of rotatable bonds is 4. The van der Waals surface area contributed by atoms with Crippen LogP contribution in [0.15, 0.2) is 18.2 Å². The Morgan fingerprint density at radius 1 is 1.60 bits per heavy atom. The van der Waals surface area contributed by atoms with Gasteiger partial charge in [0, 0.05) is 5.69 Å². The third kappa shape index (κ3) is 3.67. The van der Waals surface area contributed by atoms with E-state index in [1.165, 1.54) is 0 Å². The topological polar surface area (TPSA) is 59.4 Å². The summed E-state index contributed by atoms with van der Waals surface area (Å²) in [6.07, 6.45) is -0.937. The lowest BCUT2D eigenvalue weighted by Gasteiger charge is -2.09. The molecule has 0 aliphatic heterocycles. The van der Waals surface area contributed by atoms with E-state index in [0.29, 0.717) is 12.3 Å². The van der Waals surface area contributed by atoms with Gasteiger partial charge in [-0.05, 0) is 26.0 Å². The minimum absolute atomic E-state index is 0.0513. The number of aliphatic hydroxyl groups is 1. The summed E-state index contributed by atoms with van der Waals surface area (Å²) >= 11 is 0. The van der Waals surface area contributed by atoms with Crippen LogP contribution in [0.2, 0.25) is 0 Å². The van der Waals surface area contributed by atoms with Crippen molar-refractivity contribution in [1.82, 2.24) is 4.98 Å². The van der Waals surface area contributed by atoms with Gasteiger partial charge in [-0.1, -0.05) is 6.07 Å². The van der Waals surface area contributed by atoms with E-state index < -0.39 is 12.1 Å². The molecule has 0 saturated heterocycles. The molecular formula is C11H15NO3. The van der Waals surface area contributed by atoms with Crippen LogP contribution < -0.4 is 0 Å². The van der Waals surface area contributed by atoms with Gasteiger partial charge in [0.2, 0.25) is 0 Å². The predicted molar refractivity (Wildman–Crippen MR) is 55.2 cm³/mol. The van der Waals surface area contributed by atoms with Crippen LogP contribution in [0.25, 0.3) is 0 Å². The van der Waals surface area contributed by atoms with Crippen molar-refractivity contribution in [3.8, 4) is 0 Å². The Morgan fingerprint density at radius 3 is 2.93 bits per heavy atom. The number of aliphatic hydroxyl groups excluding tert-OH is 1. The molecule has 0 bridgehead atoms. The van der Waals surface area contributed by atoms with Crippen LogP contribution in [0.5, 0.6) is 0 Å². The highest BCUT2D eigenvalue weighted by atomic mass is 16.5. The van der Waals surface area contributed by atoms with E-state index in [1.807, 2.05) is 13.0 Å². The molecule has 1 N–H and O–H groups in total. The normalized spacial score (nSPS) is 12.2. The Labute approximate surface area is 88.9 Å². The van der Waals surface area contributed by atoms with Crippen LogP contribution in [0.1, 0.15) is 30.8 Å². The SMILES string of the molecule is CCOC(=O)CC(O)c1cccc(C)n1. The molecule has 4 heteroatoms. The largest absolute Gasteiger partial charge is 0.466 e. The standard InChI is InChI=1S/C11H15NO3/c1-3-15-11(14)7-10(13)9-6-4-5-8(2)12-9/h4-6,10,13H,3,7H2,1-2H3. The van der Waals surface area contributed by atoms with Crippen molar-refractivity contribution in [2.75, 3.05) is 6.61 Å². The molecule has 0 amide bonds. The van der Waals surface area contributed by atoms with Crippen LogP contribution in [0, 0.1) is 6.92 Å². The summed E-state index contributed by atoms with van der Waals surface area (Å²) in [6, 6.07) is 5.32. The number of hydrogen-bond donors (Lipinski definition) is 1. The number of carbonyl (C=O) groups is 1. The molecule has 1 rings (SSSR count). The number of pyridine rings is 1. The third-order valence-electron chi connectivity index (χ3n) is 1.92. The third-order valence-corrected chi connectivity index (χ3v) is 1.92. The Balaban J connectivity index is 2.60. The molecule has 4 nitrogen and oxygen atoms in total. The fourth-order valence-electron chi connectivity index (χ4n) is 1.23. The van der Waals surface area contributed by atoms with Gasteiger partial charge < -0.3 is 9.84 Å². The summed E-state index contributed by atoms with van der Waals surface area (Å²) in [7, 11) is 0. The maximum atomic E-state index is 11.1. The van der Waals surface area contributed by atoms with E-state index in [-0.39, 0.29) is 6.42 Å². The number of ether oxygens (including phenoxy) is 1. The van der Waals surface area contributed by atoms with Gasteiger partial charge in [-0.3, -0.25) is 9.78 Å². The average Bonchev–Trinajstić information content (AvgIpc) is 2.18. The van der Waals surface area contributed by atoms with Crippen molar-refractivity contribution >= 4 is 5.97 Å². The van der Waals surface area contributed by atoms with Gasteiger partial charge >= 0.3 is 5.97 Å². The maximum absolute atomic E-state index is 11.1. The highest BCUT2D eigenvalue weighted by Gasteiger charge is 2.14. The van der Waals surface area contributed by atoms with Crippen molar-refractivity contribution < 1.29 is 14.6 Å². The second-order valence-corrected chi connectivity index (χ2v) is 3.23. The molecule has 82 valence electrons. The van der Waals surface area contributed by atoms with E-state index in [9.17, 15) is 9.90 Å².